The fourth-order valence-corrected chi connectivity index (χ4v) is 2.10. The van der Waals surface area contributed by atoms with Crippen LogP contribution >= 0.6 is 39.1 Å². The average Bonchev–Trinajstić information content (AvgIpc) is 2.24. The summed E-state index contributed by atoms with van der Waals surface area (Å²) in [7, 11) is 1.30. The van der Waals surface area contributed by atoms with Crippen molar-refractivity contribution in [3.8, 4) is 0 Å². The van der Waals surface area contributed by atoms with E-state index < -0.39 is 5.97 Å². The molecule has 5 heteroatoms. The van der Waals surface area contributed by atoms with Crippen LogP contribution in [0.15, 0.2) is 12.1 Å². The van der Waals surface area contributed by atoms with E-state index in [0.717, 1.165) is 17.3 Å². The second-order valence-electron chi connectivity index (χ2n) is 2.83. The van der Waals surface area contributed by atoms with E-state index in [2.05, 4.69) is 20.7 Å². The Morgan fingerprint density at radius 2 is 2.07 bits per heavy atom. The van der Waals surface area contributed by atoms with Crippen LogP contribution in [0.2, 0.25) is 10.0 Å². The summed E-state index contributed by atoms with van der Waals surface area (Å²) in [6, 6.07) is 3.40. The highest BCUT2D eigenvalue weighted by Crippen LogP contribution is 2.30. The Labute approximate surface area is 107 Å². The largest absolute Gasteiger partial charge is 0.465 e. The molecule has 0 saturated heterocycles. The van der Waals surface area contributed by atoms with Gasteiger partial charge in [0.1, 0.15) is 0 Å². The standard InChI is InChI=1S/C10H9BrCl2O2/c1-15-10(14)7-3-2-6(4-5-11)8(12)9(7)13/h2-3H,4-5H2,1H3. The number of carbonyl (C=O) groups is 1. The molecule has 0 aromatic heterocycles. The molecule has 1 aromatic carbocycles. The van der Waals surface area contributed by atoms with E-state index in [1.807, 2.05) is 0 Å². The van der Waals surface area contributed by atoms with Crippen LogP contribution in [-0.4, -0.2) is 18.4 Å². The van der Waals surface area contributed by atoms with E-state index in [1.54, 1.807) is 12.1 Å². The second kappa shape index (κ2) is 5.73. The van der Waals surface area contributed by atoms with Crippen LogP contribution in [-0.2, 0) is 11.2 Å². The van der Waals surface area contributed by atoms with E-state index in [-0.39, 0.29) is 5.02 Å². The summed E-state index contributed by atoms with van der Waals surface area (Å²) in [5.41, 5.74) is 1.20. The number of aryl methyl sites for hydroxylation is 1. The van der Waals surface area contributed by atoms with Crippen molar-refractivity contribution in [2.75, 3.05) is 12.4 Å². The summed E-state index contributed by atoms with van der Waals surface area (Å²) in [5, 5.41) is 1.46. The predicted octanol–water partition coefficient (Wildman–Crippen LogP) is 3.72. The fraction of sp³-hybridized carbons (Fsp3) is 0.300. The Bertz CT molecular complexity index is 380. The van der Waals surface area contributed by atoms with Crippen molar-refractivity contribution in [3.05, 3.63) is 33.3 Å². The van der Waals surface area contributed by atoms with E-state index in [9.17, 15) is 4.79 Å². The van der Waals surface area contributed by atoms with Crippen LogP contribution in [0.25, 0.3) is 0 Å². The number of carbonyl (C=O) groups excluding carboxylic acids is 1. The summed E-state index contributed by atoms with van der Waals surface area (Å²) < 4.78 is 4.58. The summed E-state index contributed by atoms with van der Waals surface area (Å²) in [5.74, 6) is -0.479. The van der Waals surface area contributed by atoms with Crippen molar-refractivity contribution in [2.45, 2.75) is 6.42 Å². The van der Waals surface area contributed by atoms with Crippen molar-refractivity contribution < 1.29 is 9.53 Å². The van der Waals surface area contributed by atoms with Gasteiger partial charge in [0.2, 0.25) is 0 Å². The van der Waals surface area contributed by atoms with Crippen molar-refractivity contribution in [1.29, 1.82) is 0 Å². The molecule has 0 N–H and O–H groups in total. The van der Waals surface area contributed by atoms with Crippen LogP contribution in [0.4, 0.5) is 0 Å². The van der Waals surface area contributed by atoms with Gasteiger partial charge in [0, 0.05) is 5.33 Å². The van der Waals surface area contributed by atoms with Crippen LogP contribution in [0.5, 0.6) is 0 Å². The lowest BCUT2D eigenvalue weighted by Gasteiger charge is -2.07. The first-order chi connectivity index (χ1) is 7.11. The van der Waals surface area contributed by atoms with E-state index in [1.165, 1.54) is 7.11 Å². The fourth-order valence-electron chi connectivity index (χ4n) is 1.15. The molecule has 0 fully saturated rings. The smallest absolute Gasteiger partial charge is 0.339 e. The van der Waals surface area contributed by atoms with Crippen LogP contribution in [0, 0.1) is 0 Å². The first kappa shape index (κ1) is 12.8. The molecule has 0 atom stereocenters. The molecule has 0 aliphatic rings. The number of alkyl halides is 1. The normalized spacial score (nSPS) is 10.1. The Morgan fingerprint density at radius 1 is 1.40 bits per heavy atom. The molecule has 1 rings (SSSR count). The van der Waals surface area contributed by atoms with Gasteiger partial charge in [-0.3, -0.25) is 0 Å². The van der Waals surface area contributed by atoms with Gasteiger partial charge in [-0.2, -0.15) is 0 Å². The first-order valence-corrected chi connectivity index (χ1v) is 6.10. The van der Waals surface area contributed by atoms with Crippen LogP contribution < -0.4 is 0 Å². The lowest BCUT2D eigenvalue weighted by atomic mass is 10.1. The summed E-state index contributed by atoms with van der Waals surface area (Å²) in [6.07, 6.45) is 0.764. The molecule has 82 valence electrons. The molecule has 0 aliphatic heterocycles. The lowest BCUT2D eigenvalue weighted by Crippen LogP contribution is -2.03. The first-order valence-electron chi connectivity index (χ1n) is 4.23. The van der Waals surface area contributed by atoms with E-state index in [4.69, 9.17) is 23.2 Å². The molecular weight excluding hydrogens is 303 g/mol. The second-order valence-corrected chi connectivity index (χ2v) is 4.38. The van der Waals surface area contributed by atoms with Gasteiger partial charge < -0.3 is 4.74 Å². The van der Waals surface area contributed by atoms with Gasteiger partial charge in [0.25, 0.3) is 0 Å². The minimum absolute atomic E-state index is 0.252. The molecule has 2 nitrogen and oxygen atoms in total. The zero-order valence-corrected chi connectivity index (χ0v) is 11.1. The molecule has 0 amide bonds. The minimum atomic E-state index is -0.479. The molecule has 0 saturated carbocycles. The highest BCUT2D eigenvalue weighted by molar-refractivity contribution is 9.09. The Hall–Kier alpha value is -0.250. The van der Waals surface area contributed by atoms with Gasteiger partial charge in [-0.05, 0) is 18.1 Å². The Balaban J connectivity index is 3.15. The summed E-state index contributed by atoms with van der Waals surface area (Å²) >= 11 is 15.3. The maximum atomic E-state index is 11.3. The number of rotatable bonds is 3. The van der Waals surface area contributed by atoms with Gasteiger partial charge in [0.05, 0.1) is 22.7 Å². The third-order valence-corrected chi connectivity index (χ3v) is 3.25. The molecule has 0 radical (unpaired) electrons. The predicted molar refractivity (Wildman–Crippen MR) is 65.3 cm³/mol. The molecule has 15 heavy (non-hydrogen) atoms. The molecule has 1 aromatic rings. The molecule has 0 aliphatic carbocycles. The van der Waals surface area contributed by atoms with Gasteiger partial charge in [-0.1, -0.05) is 45.2 Å². The molecule has 0 heterocycles. The zero-order chi connectivity index (χ0) is 11.4. The number of ether oxygens (including phenoxy) is 1. The number of hydrogen-bond donors (Lipinski definition) is 0. The van der Waals surface area contributed by atoms with Crippen molar-refractivity contribution in [2.24, 2.45) is 0 Å². The highest BCUT2D eigenvalue weighted by Gasteiger charge is 2.15. The third-order valence-electron chi connectivity index (χ3n) is 1.93. The Morgan fingerprint density at radius 3 is 2.60 bits per heavy atom. The number of hydrogen-bond acceptors (Lipinski definition) is 2. The molecule has 0 spiro atoms. The number of methoxy groups -OCH3 is 1. The van der Waals surface area contributed by atoms with Gasteiger partial charge in [0.15, 0.2) is 0 Å². The SMILES string of the molecule is COC(=O)c1ccc(CCBr)c(Cl)c1Cl. The van der Waals surface area contributed by atoms with Crippen LogP contribution in [0.1, 0.15) is 15.9 Å². The third kappa shape index (κ3) is 2.86. The van der Waals surface area contributed by atoms with Gasteiger partial charge in [-0.15, -0.1) is 0 Å². The molecule has 0 bridgehead atoms. The maximum Gasteiger partial charge on any atom is 0.339 e. The Kier molecular flexibility index (Phi) is 4.90. The van der Waals surface area contributed by atoms with Gasteiger partial charge >= 0.3 is 5.97 Å². The topological polar surface area (TPSA) is 26.3 Å². The molecule has 0 unspecified atom stereocenters. The van der Waals surface area contributed by atoms with Crippen LogP contribution in [0.3, 0.4) is 0 Å². The van der Waals surface area contributed by atoms with E-state index in [0.29, 0.717) is 10.6 Å². The monoisotopic (exact) mass is 310 g/mol. The summed E-state index contributed by atoms with van der Waals surface area (Å²) in [6.45, 7) is 0. The average molecular weight is 312 g/mol. The van der Waals surface area contributed by atoms with E-state index >= 15 is 0 Å². The quantitative estimate of drug-likeness (QED) is 0.628. The highest BCUT2D eigenvalue weighted by atomic mass is 79.9. The van der Waals surface area contributed by atoms with Crippen molar-refractivity contribution in [3.63, 3.8) is 0 Å². The van der Waals surface area contributed by atoms with Crippen molar-refractivity contribution >= 4 is 45.1 Å². The van der Waals surface area contributed by atoms with Gasteiger partial charge in [-0.25, -0.2) is 4.79 Å². The zero-order valence-electron chi connectivity index (χ0n) is 8.02. The number of halogens is 3. The number of benzene rings is 1. The summed E-state index contributed by atoms with van der Waals surface area (Å²) in [4.78, 5) is 11.3. The van der Waals surface area contributed by atoms with Crippen molar-refractivity contribution in [1.82, 2.24) is 0 Å². The minimum Gasteiger partial charge on any atom is -0.465 e. The molecular formula is C10H9BrCl2O2. The number of esters is 1. The maximum absolute atomic E-state index is 11.3. The lowest BCUT2D eigenvalue weighted by molar-refractivity contribution is 0.0601.